The van der Waals surface area contributed by atoms with Crippen LogP contribution in [0.1, 0.15) is 34.6 Å². The van der Waals surface area contributed by atoms with Crippen LogP contribution < -0.4 is 5.48 Å². The summed E-state index contributed by atoms with van der Waals surface area (Å²) >= 11 is 0. The second-order valence-electron chi connectivity index (χ2n) is 4.54. The van der Waals surface area contributed by atoms with Crippen molar-refractivity contribution in [1.82, 2.24) is 5.48 Å². The third-order valence-corrected chi connectivity index (χ3v) is 2.34. The number of nitrogens with one attached hydrogen (secondary N) is 1. The van der Waals surface area contributed by atoms with Crippen LogP contribution in [0.3, 0.4) is 0 Å². The van der Waals surface area contributed by atoms with Gasteiger partial charge >= 0.3 is 0 Å². The van der Waals surface area contributed by atoms with Crippen molar-refractivity contribution in [3.8, 4) is 0 Å². The zero-order valence-corrected chi connectivity index (χ0v) is 11.4. The maximum Gasteiger partial charge on any atom is 0.0752 e. The summed E-state index contributed by atoms with van der Waals surface area (Å²) in [6, 6.07) is 0.0965. The predicted molar refractivity (Wildman–Crippen MR) is 71.1 cm³/mol. The third-order valence-electron chi connectivity index (χ3n) is 2.34. The van der Waals surface area contributed by atoms with Crippen LogP contribution in [-0.2, 0) is 4.84 Å². The predicted octanol–water partition coefficient (Wildman–Crippen LogP) is 3.63. The van der Waals surface area contributed by atoms with Crippen LogP contribution in [0.15, 0.2) is 36.0 Å². The van der Waals surface area contributed by atoms with Gasteiger partial charge in [0.05, 0.1) is 13.2 Å². The molecule has 0 amide bonds. The van der Waals surface area contributed by atoms with E-state index in [2.05, 4.69) is 38.9 Å². The molecule has 1 unspecified atom stereocenters. The van der Waals surface area contributed by atoms with E-state index in [1.54, 1.807) is 7.11 Å². The molecular weight excluding hydrogens is 198 g/mol. The highest BCUT2D eigenvalue weighted by Crippen LogP contribution is 2.34. The minimum atomic E-state index is 0.0965. The number of hydrogen-bond donors (Lipinski definition) is 1. The van der Waals surface area contributed by atoms with Crippen LogP contribution in [-0.4, -0.2) is 13.2 Å². The van der Waals surface area contributed by atoms with E-state index in [9.17, 15) is 0 Å². The van der Waals surface area contributed by atoms with Crippen molar-refractivity contribution >= 4 is 0 Å². The molecule has 0 aromatic rings. The van der Waals surface area contributed by atoms with E-state index in [4.69, 9.17) is 4.84 Å². The maximum absolute atomic E-state index is 4.92. The fourth-order valence-corrected chi connectivity index (χ4v) is 1.62. The summed E-state index contributed by atoms with van der Waals surface area (Å²) in [5.41, 5.74) is 5.40. The first-order valence-electron chi connectivity index (χ1n) is 5.83. The Balaban J connectivity index is 0.00000106. The molecule has 0 bridgehead atoms. The second-order valence-corrected chi connectivity index (χ2v) is 4.54. The number of hydroxylamine groups is 1. The van der Waals surface area contributed by atoms with E-state index < -0.39 is 0 Å². The van der Waals surface area contributed by atoms with Crippen molar-refractivity contribution in [3.05, 3.63) is 36.0 Å². The van der Waals surface area contributed by atoms with Gasteiger partial charge in [0.1, 0.15) is 0 Å². The van der Waals surface area contributed by atoms with Gasteiger partial charge in [0.15, 0.2) is 0 Å². The van der Waals surface area contributed by atoms with E-state index in [0.29, 0.717) is 0 Å². The molecule has 0 radical (unpaired) electrons. The SMILES string of the molecule is C=C1C(C(C)(C)C)=CC=CC1NOC.CC. The van der Waals surface area contributed by atoms with Gasteiger partial charge < -0.3 is 4.84 Å². The fraction of sp³-hybridized carbons (Fsp3) is 0.571. The van der Waals surface area contributed by atoms with Gasteiger partial charge in [-0.05, 0) is 16.6 Å². The lowest BCUT2D eigenvalue weighted by Gasteiger charge is -2.30. The minimum absolute atomic E-state index is 0.0965. The molecule has 2 nitrogen and oxygen atoms in total. The Morgan fingerprint density at radius 2 is 1.88 bits per heavy atom. The highest BCUT2D eigenvalue weighted by atomic mass is 16.6. The molecule has 1 rings (SSSR count). The number of hydrogen-bond acceptors (Lipinski definition) is 2. The average molecular weight is 223 g/mol. The van der Waals surface area contributed by atoms with Crippen LogP contribution >= 0.6 is 0 Å². The molecule has 1 aliphatic carbocycles. The Bertz CT molecular complexity index is 282. The molecular formula is C14H25NO. The van der Waals surface area contributed by atoms with Crippen LogP contribution in [0.25, 0.3) is 0 Å². The van der Waals surface area contributed by atoms with Gasteiger partial charge in [-0.15, -0.1) is 0 Å². The average Bonchev–Trinajstić information content (AvgIpc) is 2.23. The van der Waals surface area contributed by atoms with Crippen LogP contribution in [0.4, 0.5) is 0 Å². The van der Waals surface area contributed by atoms with Crippen molar-refractivity contribution in [3.63, 3.8) is 0 Å². The van der Waals surface area contributed by atoms with Crippen molar-refractivity contribution in [1.29, 1.82) is 0 Å². The summed E-state index contributed by atoms with van der Waals surface area (Å²) in [7, 11) is 1.62. The summed E-state index contributed by atoms with van der Waals surface area (Å²) in [5, 5.41) is 0. The van der Waals surface area contributed by atoms with Crippen molar-refractivity contribution in [2.45, 2.75) is 40.7 Å². The van der Waals surface area contributed by atoms with Gasteiger partial charge in [-0.25, -0.2) is 0 Å². The monoisotopic (exact) mass is 223 g/mol. The summed E-state index contributed by atoms with van der Waals surface area (Å²) in [6.07, 6.45) is 6.21. The molecule has 0 saturated carbocycles. The van der Waals surface area contributed by atoms with Crippen LogP contribution in [0.5, 0.6) is 0 Å². The summed E-state index contributed by atoms with van der Waals surface area (Å²) in [6.45, 7) is 14.7. The van der Waals surface area contributed by atoms with E-state index in [-0.39, 0.29) is 11.5 Å². The van der Waals surface area contributed by atoms with Gasteiger partial charge in [-0.2, -0.15) is 5.48 Å². The Labute approximate surface area is 100 Å². The Hall–Kier alpha value is -0.860. The van der Waals surface area contributed by atoms with E-state index in [1.807, 2.05) is 26.0 Å². The van der Waals surface area contributed by atoms with Crippen molar-refractivity contribution in [2.24, 2.45) is 5.41 Å². The molecule has 0 fully saturated rings. The van der Waals surface area contributed by atoms with Crippen molar-refractivity contribution in [2.75, 3.05) is 7.11 Å². The van der Waals surface area contributed by atoms with Gasteiger partial charge in [-0.3, -0.25) is 0 Å². The smallest absolute Gasteiger partial charge is 0.0752 e. The molecule has 0 heterocycles. The molecule has 0 aromatic carbocycles. The zero-order chi connectivity index (χ0) is 12.8. The highest BCUT2D eigenvalue weighted by molar-refractivity contribution is 5.45. The van der Waals surface area contributed by atoms with E-state index >= 15 is 0 Å². The first-order valence-corrected chi connectivity index (χ1v) is 5.83. The lowest BCUT2D eigenvalue weighted by molar-refractivity contribution is 0.0820. The minimum Gasteiger partial charge on any atom is -0.304 e. The number of rotatable bonds is 2. The summed E-state index contributed by atoms with van der Waals surface area (Å²) in [5.74, 6) is 0. The molecule has 92 valence electrons. The van der Waals surface area contributed by atoms with E-state index in [1.165, 1.54) is 5.57 Å². The molecule has 2 heteroatoms. The lowest BCUT2D eigenvalue weighted by Crippen LogP contribution is -2.32. The molecule has 1 aliphatic rings. The molecule has 1 N–H and O–H groups in total. The maximum atomic E-state index is 4.92. The van der Waals surface area contributed by atoms with Gasteiger partial charge in [-0.1, -0.05) is 59.4 Å². The molecule has 0 aromatic heterocycles. The number of allylic oxidation sites excluding steroid dienone is 2. The fourth-order valence-electron chi connectivity index (χ4n) is 1.62. The molecule has 16 heavy (non-hydrogen) atoms. The Morgan fingerprint density at radius 3 is 2.31 bits per heavy atom. The molecule has 0 aliphatic heterocycles. The Morgan fingerprint density at radius 1 is 1.31 bits per heavy atom. The van der Waals surface area contributed by atoms with Gasteiger partial charge in [0, 0.05) is 0 Å². The van der Waals surface area contributed by atoms with Crippen LogP contribution in [0, 0.1) is 5.41 Å². The van der Waals surface area contributed by atoms with E-state index in [0.717, 1.165) is 5.57 Å². The van der Waals surface area contributed by atoms with Gasteiger partial charge in [0.2, 0.25) is 0 Å². The molecule has 0 spiro atoms. The third kappa shape index (κ3) is 3.95. The topological polar surface area (TPSA) is 21.3 Å². The molecule has 1 atom stereocenters. The lowest BCUT2D eigenvalue weighted by atomic mass is 9.78. The molecule has 0 saturated heterocycles. The second kappa shape index (κ2) is 6.66. The largest absolute Gasteiger partial charge is 0.304 e. The Kier molecular flexibility index (Phi) is 6.31. The highest BCUT2D eigenvalue weighted by Gasteiger charge is 2.24. The summed E-state index contributed by atoms with van der Waals surface area (Å²) in [4.78, 5) is 4.92. The first-order chi connectivity index (χ1) is 7.46. The van der Waals surface area contributed by atoms with Crippen LogP contribution in [0.2, 0.25) is 0 Å². The van der Waals surface area contributed by atoms with Crippen molar-refractivity contribution < 1.29 is 4.84 Å². The normalized spacial score (nSPS) is 20.0. The standard InChI is InChI=1S/C12H19NO.C2H6/c1-9-10(12(2,3)4)7-6-8-11(9)13-14-5;1-2/h6-8,11,13H,1H2,2-5H3;1-2H3. The zero-order valence-electron chi connectivity index (χ0n) is 11.4. The summed E-state index contributed by atoms with van der Waals surface area (Å²) < 4.78 is 0. The quantitative estimate of drug-likeness (QED) is 0.722. The first kappa shape index (κ1) is 15.1. The van der Waals surface area contributed by atoms with Gasteiger partial charge in [0.25, 0.3) is 0 Å².